The van der Waals surface area contributed by atoms with Crippen molar-refractivity contribution in [2.24, 2.45) is 0 Å². The quantitative estimate of drug-likeness (QED) is 0.322. The van der Waals surface area contributed by atoms with Crippen LogP contribution in [0.25, 0.3) is 32.9 Å². The molecule has 1 fully saturated rings. The van der Waals surface area contributed by atoms with E-state index in [1.54, 1.807) is 6.07 Å². The molecule has 0 unspecified atom stereocenters. The summed E-state index contributed by atoms with van der Waals surface area (Å²) in [5, 5.41) is 2.06. The molecule has 1 aliphatic heterocycles. The first-order valence-electron chi connectivity index (χ1n) is 12.5. The molecule has 37 heavy (non-hydrogen) atoms. The van der Waals surface area contributed by atoms with E-state index >= 15 is 0 Å². The molecule has 0 bridgehead atoms. The predicted octanol–water partition coefficient (Wildman–Crippen LogP) is 5.05. The van der Waals surface area contributed by atoms with Gasteiger partial charge in [0, 0.05) is 59.4 Å². The Morgan fingerprint density at radius 1 is 1.00 bits per heavy atom. The van der Waals surface area contributed by atoms with E-state index in [1.807, 2.05) is 60.4 Å². The summed E-state index contributed by atoms with van der Waals surface area (Å²) >= 11 is 5.69. The highest BCUT2D eigenvalue weighted by atomic mass is 35.5. The second-order valence-corrected chi connectivity index (χ2v) is 11.9. The lowest BCUT2D eigenvalue weighted by Gasteiger charge is -2.32. The minimum absolute atomic E-state index is 0.0205. The van der Waals surface area contributed by atoms with Crippen LogP contribution in [-0.4, -0.2) is 74.0 Å². The Hall–Kier alpha value is -3.07. The highest BCUT2D eigenvalue weighted by molar-refractivity contribution is 7.92. The number of rotatable bonds is 7. The molecule has 4 aromatic rings. The van der Waals surface area contributed by atoms with Crippen molar-refractivity contribution in [3.05, 3.63) is 65.7 Å². The normalized spacial score (nSPS) is 14.9. The number of hydrogen-bond donors (Lipinski definition) is 2. The topological polar surface area (TPSA) is 85.5 Å². The number of H-pyrrole nitrogens is 1. The molecule has 7 nitrogen and oxygen atoms in total. The number of hydrogen-bond acceptors (Lipinski definition) is 4. The number of aromatic nitrogens is 1. The zero-order chi connectivity index (χ0) is 26.2. The van der Waals surface area contributed by atoms with Gasteiger partial charge in [-0.2, -0.15) is 0 Å². The molecule has 0 spiro atoms. The summed E-state index contributed by atoms with van der Waals surface area (Å²) in [6.07, 6.45) is 0.392. The van der Waals surface area contributed by atoms with Gasteiger partial charge in [0.05, 0.1) is 11.4 Å². The summed E-state index contributed by atoms with van der Waals surface area (Å²) in [4.78, 5) is 20.8. The van der Waals surface area contributed by atoms with E-state index in [-0.39, 0.29) is 11.7 Å². The van der Waals surface area contributed by atoms with Gasteiger partial charge in [0.15, 0.2) is 0 Å². The highest BCUT2D eigenvalue weighted by Crippen LogP contribution is 2.38. The zero-order valence-electron chi connectivity index (χ0n) is 21.1. The fourth-order valence-electron chi connectivity index (χ4n) is 5.01. The van der Waals surface area contributed by atoms with E-state index in [9.17, 15) is 13.2 Å². The molecule has 1 aliphatic rings. The van der Waals surface area contributed by atoms with Gasteiger partial charge in [-0.1, -0.05) is 30.3 Å². The van der Waals surface area contributed by atoms with Gasteiger partial charge in [-0.15, -0.1) is 11.6 Å². The number of nitrogens with zero attached hydrogens (tertiary/aromatic N) is 2. The van der Waals surface area contributed by atoms with Crippen LogP contribution in [-0.2, 0) is 10.0 Å². The summed E-state index contributed by atoms with van der Waals surface area (Å²) in [6.45, 7) is 5.15. The summed E-state index contributed by atoms with van der Waals surface area (Å²) in [7, 11) is -1.42. The van der Waals surface area contributed by atoms with Crippen LogP contribution in [0.4, 0.5) is 5.69 Å². The number of halogens is 1. The number of sulfonamides is 1. The molecular weight excluding hydrogens is 508 g/mol. The standard InChI is InChI=1S/C28H31ClN4O3S/c1-19-21(6-3-8-24(19)31-37(35,36)17-5-12-29)22-7-4-9-25-27(22)23-11-10-20(18-26(23)30-25)28(34)33-15-13-32(2)14-16-33/h3-4,6-11,18,30-31H,5,12-17H2,1-2H3. The third kappa shape index (κ3) is 5.19. The fourth-order valence-corrected chi connectivity index (χ4v) is 6.48. The first kappa shape index (κ1) is 25.6. The van der Waals surface area contributed by atoms with E-state index in [0.29, 0.717) is 23.6 Å². The van der Waals surface area contributed by atoms with E-state index in [2.05, 4.69) is 21.7 Å². The average molecular weight is 539 g/mol. The third-order valence-corrected chi connectivity index (χ3v) is 8.72. The van der Waals surface area contributed by atoms with Crippen molar-refractivity contribution in [2.45, 2.75) is 13.3 Å². The Balaban J connectivity index is 1.53. The van der Waals surface area contributed by atoms with Crippen molar-refractivity contribution < 1.29 is 13.2 Å². The molecule has 1 aromatic heterocycles. The SMILES string of the molecule is Cc1c(NS(=O)(=O)CCCCl)cccc1-c1cccc2[nH]c3cc(C(=O)N4CCN(C)CC4)ccc3c12. The second-order valence-electron chi connectivity index (χ2n) is 9.65. The van der Waals surface area contributed by atoms with Gasteiger partial charge in [-0.05, 0) is 61.3 Å². The lowest BCUT2D eigenvalue weighted by atomic mass is 9.95. The number of anilines is 1. The lowest BCUT2D eigenvalue weighted by molar-refractivity contribution is 0.0664. The van der Waals surface area contributed by atoms with Gasteiger partial charge in [-0.3, -0.25) is 9.52 Å². The number of nitrogens with one attached hydrogen (secondary N) is 2. The second kappa shape index (κ2) is 10.4. The smallest absolute Gasteiger partial charge is 0.254 e. The zero-order valence-corrected chi connectivity index (χ0v) is 22.6. The molecule has 0 saturated carbocycles. The summed E-state index contributed by atoms with van der Waals surface area (Å²) < 4.78 is 27.8. The van der Waals surface area contributed by atoms with Crippen molar-refractivity contribution in [2.75, 3.05) is 49.6 Å². The third-order valence-electron chi connectivity index (χ3n) is 7.10. The molecule has 194 valence electrons. The van der Waals surface area contributed by atoms with Gasteiger partial charge < -0.3 is 14.8 Å². The molecule has 0 aliphatic carbocycles. The van der Waals surface area contributed by atoms with E-state index in [4.69, 9.17) is 11.6 Å². The Bertz CT molecular complexity index is 1570. The van der Waals surface area contributed by atoms with Gasteiger partial charge in [-0.25, -0.2) is 8.42 Å². The largest absolute Gasteiger partial charge is 0.354 e. The van der Waals surface area contributed by atoms with Crippen LogP contribution >= 0.6 is 11.6 Å². The number of piperazine rings is 1. The lowest BCUT2D eigenvalue weighted by Crippen LogP contribution is -2.47. The van der Waals surface area contributed by atoms with Crippen LogP contribution in [0.2, 0.25) is 0 Å². The molecule has 3 aromatic carbocycles. The molecule has 9 heteroatoms. The maximum atomic E-state index is 13.1. The van der Waals surface area contributed by atoms with Crippen LogP contribution in [0.5, 0.6) is 0 Å². The Kier molecular flexibility index (Phi) is 7.16. The number of fused-ring (bicyclic) bond motifs is 3. The number of amides is 1. The van der Waals surface area contributed by atoms with Crippen LogP contribution in [0.15, 0.2) is 54.6 Å². The minimum atomic E-state index is -3.49. The fraction of sp³-hybridized carbons (Fsp3) is 0.321. The Morgan fingerprint density at radius 2 is 1.73 bits per heavy atom. The average Bonchev–Trinajstić information content (AvgIpc) is 3.27. The van der Waals surface area contributed by atoms with Crippen LogP contribution in [0.3, 0.4) is 0 Å². The molecule has 1 amide bonds. The van der Waals surface area contributed by atoms with E-state index in [0.717, 1.165) is 64.7 Å². The van der Waals surface area contributed by atoms with Crippen molar-refractivity contribution in [1.29, 1.82) is 0 Å². The van der Waals surface area contributed by atoms with Crippen LogP contribution in [0, 0.1) is 6.92 Å². The summed E-state index contributed by atoms with van der Waals surface area (Å²) in [5.74, 6) is 0.331. The van der Waals surface area contributed by atoms with Crippen molar-refractivity contribution in [3.63, 3.8) is 0 Å². The van der Waals surface area contributed by atoms with Crippen molar-refractivity contribution in [3.8, 4) is 11.1 Å². The number of carbonyl (C=O) groups is 1. The number of alkyl halides is 1. The molecule has 0 radical (unpaired) electrons. The maximum Gasteiger partial charge on any atom is 0.254 e. The Morgan fingerprint density at radius 3 is 2.49 bits per heavy atom. The number of benzene rings is 3. The molecule has 1 saturated heterocycles. The van der Waals surface area contributed by atoms with Crippen molar-refractivity contribution in [1.82, 2.24) is 14.8 Å². The van der Waals surface area contributed by atoms with Crippen LogP contribution in [0.1, 0.15) is 22.3 Å². The highest BCUT2D eigenvalue weighted by Gasteiger charge is 2.22. The monoisotopic (exact) mass is 538 g/mol. The number of aromatic amines is 1. The first-order chi connectivity index (χ1) is 17.8. The van der Waals surface area contributed by atoms with E-state index < -0.39 is 10.0 Å². The molecule has 2 heterocycles. The number of likely N-dealkylation sites (N-methyl/N-ethyl adjacent to an activating group) is 1. The molecular formula is C28H31ClN4O3S. The molecule has 5 rings (SSSR count). The maximum absolute atomic E-state index is 13.1. The van der Waals surface area contributed by atoms with Gasteiger partial charge in [0.1, 0.15) is 0 Å². The minimum Gasteiger partial charge on any atom is -0.354 e. The number of carbonyl (C=O) groups excluding carboxylic acids is 1. The summed E-state index contributed by atoms with van der Waals surface area (Å²) in [6, 6.07) is 17.6. The first-order valence-corrected chi connectivity index (χ1v) is 14.6. The van der Waals surface area contributed by atoms with Crippen LogP contribution < -0.4 is 4.72 Å². The molecule has 2 N–H and O–H groups in total. The van der Waals surface area contributed by atoms with Gasteiger partial charge >= 0.3 is 0 Å². The van der Waals surface area contributed by atoms with Gasteiger partial charge in [0.2, 0.25) is 10.0 Å². The summed E-state index contributed by atoms with van der Waals surface area (Å²) in [5.41, 5.74) is 5.89. The predicted molar refractivity (Wildman–Crippen MR) is 152 cm³/mol. The molecule has 0 atom stereocenters. The van der Waals surface area contributed by atoms with Crippen molar-refractivity contribution >= 4 is 55.0 Å². The van der Waals surface area contributed by atoms with E-state index in [1.165, 1.54) is 0 Å². The van der Waals surface area contributed by atoms with Gasteiger partial charge in [0.25, 0.3) is 5.91 Å². The Labute approximate surface area is 222 Å².